The quantitative estimate of drug-likeness (QED) is 0.197. The fourth-order valence-electron chi connectivity index (χ4n) is 3.39. The van der Waals surface area contributed by atoms with E-state index in [1.54, 1.807) is 0 Å². The Morgan fingerprint density at radius 2 is 1.35 bits per heavy atom. The summed E-state index contributed by atoms with van der Waals surface area (Å²) in [6, 6.07) is 0. The zero-order valence-electron chi connectivity index (χ0n) is 17.4. The maximum Gasteiger partial charge on any atom is 0.0721 e. The molecule has 0 saturated carbocycles. The first-order chi connectivity index (χ1) is 12.3. The molecule has 0 amide bonds. The number of hydrogen-bond donors (Lipinski definition) is 0. The standard InChI is InChI=1S/C22H43NOS.BrH/c1-3-4-5-6-7-8-9-10-11-12-13-14-15-16-18-24-22(2)20-23-17-19-25-21-23;/h17,19,22H,3-16,18,20-21H2,1-2H3;1H. The Morgan fingerprint density at radius 3 is 1.81 bits per heavy atom. The van der Waals surface area contributed by atoms with E-state index in [9.17, 15) is 0 Å². The average Bonchev–Trinajstić information content (AvgIpc) is 3.11. The van der Waals surface area contributed by atoms with Gasteiger partial charge in [-0.25, -0.2) is 0 Å². The van der Waals surface area contributed by atoms with Crippen LogP contribution in [0.25, 0.3) is 0 Å². The second-order valence-electron chi connectivity index (χ2n) is 7.63. The van der Waals surface area contributed by atoms with E-state index in [2.05, 4.69) is 30.4 Å². The van der Waals surface area contributed by atoms with Crippen LogP contribution >= 0.6 is 28.7 Å². The van der Waals surface area contributed by atoms with Crippen LogP contribution in [0.1, 0.15) is 104 Å². The molecule has 0 fully saturated rings. The number of nitrogens with zero attached hydrogens (tertiary/aromatic N) is 1. The van der Waals surface area contributed by atoms with Gasteiger partial charge in [-0.1, -0.05) is 90.4 Å². The molecule has 0 bridgehead atoms. The van der Waals surface area contributed by atoms with Crippen LogP contribution in [0.15, 0.2) is 11.6 Å². The molecule has 0 N–H and O–H groups in total. The van der Waals surface area contributed by atoms with Gasteiger partial charge in [-0.05, 0) is 18.8 Å². The highest BCUT2D eigenvalue weighted by Crippen LogP contribution is 2.16. The number of hydrogen-bond acceptors (Lipinski definition) is 3. The molecule has 0 spiro atoms. The lowest BCUT2D eigenvalue weighted by molar-refractivity contribution is 0.0484. The third-order valence-electron chi connectivity index (χ3n) is 5.00. The van der Waals surface area contributed by atoms with E-state index >= 15 is 0 Å². The lowest BCUT2D eigenvalue weighted by Crippen LogP contribution is -2.26. The molecule has 0 aromatic rings. The summed E-state index contributed by atoms with van der Waals surface area (Å²) in [5.74, 6) is 1.09. The highest BCUT2D eigenvalue weighted by atomic mass is 79.9. The molecule has 1 aliphatic rings. The molecule has 0 aromatic heterocycles. The first-order valence-corrected chi connectivity index (χ1v) is 12.0. The number of rotatable bonds is 18. The molecule has 0 saturated heterocycles. The van der Waals surface area contributed by atoms with Gasteiger partial charge in [0, 0.05) is 19.4 Å². The molecule has 0 aliphatic carbocycles. The van der Waals surface area contributed by atoms with Crippen LogP contribution in [0.2, 0.25) is 0 Å². The van der Waals surface area contributed by atoms with Gasteiger partial charge in [-0.2, -0.15) is 0 Å². The highest BCUT2D eigenvalue weighted by molar-refractivity contribution is 8.93. The molecule has 1 heterocycles. The molecule has 156 valence electrons. The Bertz CT molecular complexity index is 315. The van der Waals surface area contributed by atoms with Crippen LogP contribution in [-0.4, -0.2) is 30.0 Å². The van der Waals surface area contributed by atoms with Crippen molar-refractivity contribution in [3.8, 4) is 0 Å². The Kier molecular flexibility index (Phi) is 20.3. The molecule has 0 aromatic carbocycles. The van der Waals surface area contributed by atoms with Crippen LogP contribution in [0.4, 0.5) is 0 Å². The summed E-state index contributed by atoms with van der Waals surface area (Å²) in [5.41, 5.74) is 0. The van der Waals surface area contributed by atoms with Crippen LogP contribution in [0, 0.1) is 0 Å². The molecular weight excluding hydrogens is 406 g/mol. The van der Waals surface area contributed by atoms with Crippen molar-refractivity contribution >= 4 is 28.7 Å². The predicted molar refractivity (Wildman–Crippen MR) is 124 cm³/mol. The summed E-state index contributed by atoms with van der Waals surface area (Å²) in [6.45, 7) is 6.45. The Hall–Kier alpha value is 0.330. The van der Waals surface area contributed by atoms with Gasteiger partial charge < -0.3 is 9.64 Å². The Balaban J connectivity index is 0.00000625. The number of ether oxygens (including phenoxy) is 1. The van der Waals surface area contributed by atoms with Crippen molar-refractivity contribution in [2.45, 2.75) is 110 Å². The van der Waals surface area contributed by atoms with Gasteiger partial charge in [0.05, 0.1) is 12.0 Å². The van der Waals surface area contributed by atoms with E-state index in [-0.39, 0.29) is 17.0 Å². The number of thioether (sulfide) groups is 1. The zero-order chi connectivity index (χ0) is 18.0. The van der Waals surface area contributed by atoms with E-state index in [0.29, 0.717) is 6.10 Å². The monoisotopic (exact) mass is 449 g/mol. The number of unbranched alkanes of at least 4 members (excludes halogenated alkanes) is 13. The first kappa shape index (κ1) is 26.3. The summed E-state index contributed by atoms with van der Waals surface area (Å²) >= 11 is 1.86. The van der Waals surface area contributed by atoms with Gasteiger partial charge in [0.2, 0.25) is 0 Å². The zero-order valence-corrected chi connectivity index (χ0v) is 20.0. The van der Waals surface area contributed by atoms with Gasteiger partial charge in [-0.3, -0.25) is 0 Å². The molecule has 0 radical (unpaired) electrons. The number of halogens is 1. The molecule has 1 rings (SSSR count). The van der Waals surface area contributed by atoms with E-state index in [4.69, 9.17) is 4.74 Å². The fraction of sp³-hybridized carbons (Fsp3) is 0.909. The summed E-state index contributed by atoms with van der Waals surface area (Å²) < 4.78 is 5.93. The van der Waals surface area contributed by atoms with Gasteiger partial charge in [0.15, 0.2) is 0 Å². The maximum absolute atomic E-state index is 5.93. The minimum Gasteiger partial charge on any atom is -0.377 e. The molecule has 26 heavy (non-hydrogen) atoms. The van der Waals surface area contributed by atoms with Crippen molar-refractivity contribution in [2.24, 2.45) is 0 Å². The van der Waals surface area contributed by atoms with Crippen molar-refractivity contribution in [3.05, 3.63) is 11.6 Å². The molecule has 1 unspecified atom stereocenters. The minimum atomic E-state index is 0. The maximum atomic E-state index is 5.93. The predicted octanol–water partition coefficient (Wildman–Crippen LogP) is 7.93. The van der Waals surface area contributed by atoms with Crippen molar-refractivity contribution in [1.82, 2.24) is 4.90 Å². The molecular formula is C22H44BrNOS. The smallest absolute Gasteiger partial charge is 0.0721 e. The lowest BCUT2D eigenvalue weighted by atomic mass is 10.0. The summed E-state index contributed by atoms with van der Waals surface area (Å²) in [7, 11) is 0. The van der Waals surface area contributed by atoms with Crippen molar-refractivity contribution in [3.63, 3.8) is 0 Å². The average molecular weight is 451 g/mol. The van der Waals surface area contributed by atoms with Crippen LogP contribution < -0.4 is 0 Å². The van der Waals surface area contributed by atoms with Crippen LogP contribution in [0.3, 0.4) is 0 Å². The fourth-order valence-corrected chi connectivity index (χ4v) is 4.12. The Labute approximate surface area is 178 Å². The minimum absolute atomic E-state index is 0. The molecule has 1 aliphatic heterocycles. The first-order valence-electron chi connectivity index (χ1n) is 11.0. The van der Waals surface area contributed by atoms with Gasteiger partial charge in [0.25, 0.3) is 0 Å². The third kappa shape index (κ3) is 16.5. The topological polar surface area (TPSA) is 12.5 Å². The summed E-state index contributed by atoms with van der Waals surface area (Å²) in [6.07, 6.45) is 22.3. The Morgan fingerprint density at radius 1 is 0.846 bits per heavy atom. The van der Waals surface area contributed by atoms with Gasteiger partial charge in [0.1, 0.15) is 0 Å². The van der Waals surface area contributed by atoms with E-state index < -0.39 is 0 Å². The van der Waals surface area contributed by atoms with Crippen molar-refractivity contribution in [1.29, 1.82) is 0 Å². The SMILES string of the molecule is Br.CCCCCCCCCCCCCCCCOC(C)CN1C=CSC1. The van der Waals surface area contributed by atoms with Crippen LogP contribution in [-0.2, 0) is 4.74 Å². The van der Waals surface area contributed by atoms with Gasteiger partial charge >= 0.3 is 0 Å². The van der Waals surface area contributed by atoms with Crippen molar-refractivity contribution < 1.29 is 4.74 Å². The van der Waals surface area contributed by atoms with E-state index in [0.717, 1.165) is 19.0 Å². The lowest BCUT2D eigenvalue weighted by Gasteiger charge is -2.20. The highest BCUT2D eigenvalue weighted by Gasteiger charge is 2.09. The molecule has 4 heteroatoms. The van der Waals surface area contributed by atoms with E-state index in [1.807, 2.05) is 11.8 Å². The normalized spacial score (nSPS) is 14.6. The van der Waals surface area contributed by atoms with Crippen molar-refractivity contribution in [2.75, 3.05) is 19.0 Å². The second-order valence-corrected chi connectivity index (χ2v) is 8.49. The van der Waals surface area contributed by atoms with E-state index in [1.165, 1.54) is 89.9 Å². The van der Waals surface area contributed by atoms with Crippen LogP contribution in [0.5, 0.6) is 0 Å². The second kappa shape index (κ2) is 20.1. The summed E-state index contributed by atoms with van der Waals surface area (Å²) in [4.78, 5) is 2.33. The third-order valence-corrected chi connectivity index (χ3v) is 5.80. The molecule has 1 atom stereocenters. The summed E-state index contributed by atoms with van der Waals surface area (Å²) in [5, 5.41) is 2.17. The van der Waals surface area contributed by atoms with Gasteiger partial charge in [-0.15, -0.1) is 28.7 Å². The largest absolute Gasteiger partial charge is 0.377 e. The molecule has 2 nitrogen and oxygen atoms in total.